The van der Waals surface area contributed by atoms with Crippen molar-refractivity contribution in [3.05, 3.63) is 78.4 Å². The van der Waals surface area contributed by atoms with Crippen molar-refractivity contribution in [2.45, 2.75) is 6.61 Å². The zero-order valence-electron chi connectivity index (χ0n) is 12.8. The molecular formula is C20H15NO3. The van der Waals surface area contributed by atoms with Crippen LogP contribution in [0.4, 0.5) is 0 Å². The van der Waals surface area contributed by atoms with E-state index in [1.54, 1.807) is 18.2 Å². The van der Waals surface area contributed by atoms with Gasteiger partial charge in [-0.1, -0.05) is 30.3 Å². The number of phenols is 1. The normalized spacial score (nSPS) is 10.8. The molecule has 0 aliphatic rings. The van der Waals surface area contributed by atoms with Crippen LogP contribution in [0.1, 0.15) is 5.56 Å². The highest BCUT2D eigenvalue weighted by Crippen LogP contribution is 2.27. The standard InChI is InChI=1S/C20H15NO3/c22-16-8-11-18-19(12-16)24-20(21-18)15-6-9-17(10-7-15)23-13-14-4-2-1-3-5-14/h1-12,22H,13H2. The van der Waals surface area contributed by atoms with Crippen LogP contribution in [0.15, 0.2) is 77.2 Å². The van der Waals surface area contributed by atoms with Gasteiger partial charge in [-0.3, -0.25) is 0 Å². The molecule has 0 amide bonds. The van der Waals surface area contributed by atoms with Gasteiger partial charge >= 0.3 is 0 Å². The number of phenolic OH excluding ortho intramolecular Hbond substituents is 1. The topological polar surface area (TPSA) is 55.5 Å². The van der Waals surface area contributed by atoms with Crippen molar-refractivity contribution in [2.75, 3.05) is 0 Å². The minimum Gasteiger partial charge on any atom is -0.508 e. The largest absolute Gasteiger partial charge is 0.508 e. The zero-order chi connectivity index (χ0) is 16.4. The van der Waals surface area contributed by atoms with Crippen LogP contribution in [0.5, 0.6) is 11.5 Å². The summed E-state index contributed by atoms with van der Waals surface area (Å²) in [5.41, 5.74) is 3.26. The van der Waals surface area contributed by atoms with Crippen LogP contribution in [-0.2, 0) is 6.61 Å². The summed E-state index contributed by atoms with van der Waals surface area (Å²) in [7, 11) is 0. The van der Waals surface area contributed by atoms with Gasteiger partial charge in [0.25, 0.3) is 0 Å². The van der Waals surface area contributed by atoms with E-state index in [0.717, 1.165) is 16.9 Å². The van der Waals surface area contributed by atoms with E-state index in [2.05, 4.69) is 4.98 Å². The minimum absolute atomic E-state index is 0.162. The van der Waals surface area contributed by atoms with Gasteiger partial charge in [-0.05, 0) is 42.0 Å². The molecule has 3 aromatic carbocycles. The predicted molar refractivity (Wildman–Crippen MR) is 91.9 cm³/mol. The van der Waals surface area contributed by atoms with Crippen molar-refractivity contribution in [1.29, 1.82) is 0 Å². The molecule has 1 heterocycles. The molecule has 0 aliphatic heterocycles. The average Bonchev–Trinajstić information content (AvgIpc) is 3.04. The predicted octanol–water partition coefficient (Wildman–Crippen LogP) is 4.78. The first-order chi connectivity index (χ1) is 11.8. The van der Waals surface area contributed by atoms with Crippen LogP contribution >= 0.6 is 0 Å². The van der Waals surface area contributed by atoms with Crippen molar-refractivity contribution in [3.8, 4) is 23.0 Å². The van der Waals surface area contributed by atoms with E-state index in [1.165, 1.54) is 0 Å². The van der Waals surface area contributed by atoms with Gasteiger partial charge < -0.3 is 14.3 Å². The molecule has 4 rings (SSSR count). The highest BCUT2D eigenvalue weighted by Gasteiger charge is 2.09. The number of fused-ring (bicyclic) bond motifs is 1. The SMILES string of the molecule is Oc1ccc2nc(-c3ccc(OCc4ccccc4)cc3)oc2c1. The molecule has 1 aromatic heterocycles. The van der Waals surface area contributed by atoms with E-state index in [9.17, 15) is 5.11 Å². The van der Waals surface area contributed by atoms with E-state index in [-0.39, 0.29) is 5.75 Å². The molecule has 4 aromatic rings. The third-order valence-corrected chi connectivity index (χ3v) is 3.72. The molecule has 0 saturated carbocycles. The van der Waals surface area contributed by atoms with Gasteiger partial charge in [0.2, 0.25) is 5.89 Å². The van der Waals surface area contributed by atoms with Crippen LogP contribution in [0.25, 0.3) is 22.6 Å². The Labute approximate surface area is 139 Å². The second-order valence-corrected chi connectivity index (χ2v) is 5.47. The molecule has 0 unspecified atom stereocenters. The first-order valence-electron chi connectivity index (χ1n) is 7.65. The van der Waals surface area contributed by atoms with Gasteiger partial charge in [0, 0.05) is 11.6 Å². The monoisotopic (exact) mass is 317 g/mol. The summed E-state index contributed by atoms with van der Waals surface area (Å²) in [5, 5.41) is 9.50. The lowest BCUT2D eigenvalue weighted by Gasteiger charge is -2.06. The Morgan fingerprint density at radius 2 is 1.71 bits per heavy atom. The van der Waals surface area contributed by atoms with Crippen LogP contribution in [0.3, 0.4) is 0 Å². The molecule has 0 atom stereocenters. The lowest BCUT2D eigenvalue weighted by molar-refractivity contribution is 0.306. The number of rotatable bonds is 4. The Morgan fingerprint density at radius 1 is 0.917 bits per heavy atom. The van der Waals surface area contributed by atoms with Crippen LogP contribution < -0.4 is 4.74 Å². The summed E-state index contributed by atoms with van der Waals surface area (Å²) in [4.78, 5) is 4.43. The van der Waals surface area contributed by atoms with E-state index in [4.69, 9.17) is 9.15 Å². The number of aromatic hydroxyl groups is 1. The highest BCUT2D eigenvalue weighted by molar-refractivity contribution is 5.77. The van der Waals surface area contributed by atoms with Crippen molar-refractivity contribution >= 4 is 11.1 Å². The van der Waals surface area contributed by atoms with Crippen LogP contribution in [-0.4, -0.2) is 10.1 Å². The summed E-state index contributed by atoms with van der Waals surface area (Å²) >= 11 is 0. The van der Waals surface area contributed by atoms with Crippen LogP contribution in [0, 0.1) is 0 Å². The molecule has 4 nitrogen and oxygen atoms in total. The molecule has 118 valence electrons. The van der Waals surface area contributed by atoms with E-state index >= 15 is 0 Å². The molecule has 0 spiro atoms. The molecular weight excluding hydrogens is 302 g/mol. The third-order valence-electron chi connectivity index (χ3n) is 3.72. The maximum absolute atomic E-state index is 9.50. The van der Waals surface area contributed by atoms with Crippen molar-refractivity contribution in [1.82, 2.24) is 4.98 Å². The fraction of sp³-hybridized carbons (Fsp3) is 0.0500. The maximum Gasteiger partial charge on any atom is 0.227 e. The second kappa shape index (κ2) is 6.08. The molecule has 0 fully saturated rings. The molecule has 0 saturated heterocycles. The molecule has 4 heteroatoms. The summed E-state index contributed by atoms with van der Waals surface area (Å²) in [6.45, 7) is 0.530. The zero-order valence-corrected chi connectivity index (χ0v) is 12.8. The molecule has 0 aliphatic carbocycles. The average molecular weight is 317 g/mol. The maximum atomic E-state index is 9.50. The van der Waals surface area contributed by atoms with Gasteiger partial charge in [0.05, 0.1) is 0 Å². The summed E-state index contributed by atoms with van der Waals surface area (Å²) in [6, 6.07) is 22.5. The lowest BCUT2D eigenvalue weighted by Crippen LogP contribution is -1.94. The van der Waals surface area contributed by atoms with Gasteiger partial charge in [0.1, 0.15) is 23.6 Å². The van der Waals surface area contributed by atoms with E-state index in [1.807, 2.05) is 54.6 Å². The summed E-state index contributed by atoms with van der Waals surface area (Å²) in [5.74, 6) is 1.47. The van der Waals surface area contributed by atoms with Crippen molar-refractivity contribution in [3.63, 3.8) is 0 Å². The smallest absolute Gasteiger partial charge is 0.227 e. The number of ether oxygens (including phenoxy) is 1. The Morgan fingerprint density at radius 3 is 2.50 bits per heavy atom. The molecule has 1 N–H and O–H groups in total. The van der Waals surface area contributed by atoms with Gasteiger partial charge in [-0.25, -0.2) is 4.98 Å². The van der Waals surface area contributed by atoms with Crippen LogP contribution in [0.2, 0.25) is 0 Å². The number of oxazole rings is 1. The first-order valence-corrected chi connectivity index (χ1v) is 7.65. The fourth-order valence-electron chi connectivity index (χ4n) is 2.47. The Kier molecular flexibility index (Phi) is 3.63. The molecule has 0 bridgehead atoms. The number of nitrogens with zero attached hydrogens (tertiary/aromatic N) is 1. The van der Waals surface area contributed by atoms with Gasteiger partial charge in [0.15, 0.2) is 5.58 Å². The van der Waals surface area contributed by atoms with Gasteiger partial charge in [-0.15, -0.1) is 0 Å². The summed E-state index contributed by atoms with van der Waals surface area (Å²) < 4.78 is 11.5. The quantitative estimate of drug-likeness (QED) is 0.588. The molecule has 0 radical (unpaired) electrons. The number of hydrogen-bond acceptors (Lipinski definition) is 4. The first kappa shape index (κ1) is 14.3. The van der Waals surface area contributed by atoms with Crippen molar-refractivity contribution in [2.24, 2.45) is 0 Å². The Bertz CT molecular complexity index is 959. The second-order valence-electron chi connectivity index (χ2n) is 5.47. The van der Waals surface area contributed by atoms with Crippen molar-refractivity contribution < 1.29 is 14.3 Å². The Balaban J connectivity index is 1.52. The van der Waals surface area contributed by atoms with Gasteiger partial charge in [-0.2, -0.15) is 0 Å². The summed E-state index contributed by atoms with van der Waals surface area (Å²) in [6.07, 6.45) is 0. The molecule has 24 heavy (non-hydrogen) atoms. The number of aromatic nitrogens is 1. The minimum atomic E-state index is 0.162. The van der Waals surface area contributed by atoms with E-state index < -0.39 is 0 Å². The van der Waals surface area contributed by atoms with E-state index in [0.29, 0.717) is 23.6 Å². The highest BCUT2D eigenvalue weighted by atomic mass is 16.5. The lowest BCUT2D eigenvalue weighted by atomic mass is 10.2. The third kappa shape index (κ3) is 2.94. The number of benzene rings is 3. The Hall–Kier alpha value is -3.27. The fourth-order valence-corrected chi connectivity index (χ4v) is 2.47. The number of hydrogen-bond donors (Lipinski definition) is 1.